The number of hydrogen-bond donors (Lipinski definition) is 0. The van der Waals surface area contributed by atoms with Crippen LogP contribution in [0.1, 0.15) is 27.8 Å². The smallest absolute Gasteiger partial charge is 0.126 e. The molecule has 5 aromatic rings. The van der Waals surface area contributed by atoms with Crippen molar-refractivity contribution in [2.75, 3.05) is 18.1 Å². The number of nitrogens with zero attached hydrogens (tertiary/aromatic N) is 1. The first-order valence-electron chi connectivity index (χ1n) is 14.5. The Morgan fingerprint density at radius 1 is 0.674 bits per heavy atom. The second-order valence-electron chi connectivity index (χ2n) is 10.3. The van der Waals surface area contributed by atoms with Gasteiger partial charge in [0.2, 0.25) is 0 Å². The van der Waals surface area contributed by atoms with Gasteiger partial charge >= 0.3 is 0 Å². The largest absolute Gasteiger partial charge is 0.466 e. The molecule has 0 spiro atoms. The average Bonchev–Trinajstić information content (AvgIpc) is 3.05. The molecule has 3 nitrogen and oxygen atoms in total. The molecule has 214 valence electrons. The lowest BCUT2D eigenvalue weighted by Crippen LogP contribution is -2.10. The quantitative estimate of drug-likeness (QED) is 0.0616. The predicted octanol–water partition coefficient (Wildman–Crippen LogP) is 10.3. The molecule has 0 aliphatic heterocycles. The lowest BCUT2D eigenvalue weighted by Gasteiger charge is -2.26. The second-order valence-corrected chi connectivity index (χ2v) is 10.3. The van der Waals surface area contributed by atoms with Crippen LogP contribution in [-0.2, 0) is 11.2 Å². The summed E-state index contributed by atoms with van der Waals surface area (Å²) in [5, 5.41) is 0. The van der Waals surface area contributed by atoms with Crippen LogP contribution in [0.25, 0.3) is 11.6 Å². The number of rotatable bonds is 13. The van der Waals surface area contributed by atoms with Crippen molar-refractivity contribution in [1.82, 2.24) is 0 Å². The van der Waals surface area contributed by atoms with Crippen LogP contribution >= 0.6 is 0 Å². The number of anilines is 3. The molecule has 0 aliphatic rings. The topological polar surface area (TPSA) is 21.7 Å². The normalized spacial score (nSPS) is 11.1. The number of benzene rings is 5. The second kappa shape index (κ2) is 14.7. The van der Waals surface area contributed by atoms with E-state index in [9.17, 15) is 0 Å². The number of aryl methyl sites for hydroxylation is 1. The summed E-state index contributed by atoms with van der Waals surface area (Å²) < 4.78 is 11.0. The third kappa shape index (κ3) is 7.79. The molecule has 0 aromatic heterocycles. The fourth-order valence-electron chi connectivity index (χ4n) is 4.96. The lowest BCUT2D eigenvalue weighted by atomic mass is 9.95. The molecule has 0 saturated carbocycles. The summed E-state index contributed by atoms with van der Waals surface area (Å²) in [4.78, 5) is 2.29. The Labute approximate surface area is 255 Å². The van der Waals surface area contributed by atoms with Crippen LogP contribution in [0.2, 0.25) is 0 Å². The van der Waals surface area contributed by atoms with Crippen molar-refractivity contribution in [2.24, 2.45) is 0 Å². The first-order chi connectivity index (χ1) is 21.1. The van der Waals surface area contributed by atoms with Gasteiger partial charge in [-0.25, -0.2) is 0 Å². The molecule has 3 heteroatoms. The van der Waals surface area contributed by atoms with E-state index in [0.717, 1.165) is 51.5 Å². The Balaban J connectivity index is 1.46. The van der Waals surface area contributed by atoms with E-state index in [2.05, 4.69) is 140 Å². The van der Waals surface area contributed by atoms with Crippen LogP contribution in [0.15, 0.2) is 153 Å². The molecule has 0 aliphatic carbocycles. The van der Waals surface area contributed by atoms with Gasteiger partial charge in [0.25, 0.3) is 0 Å². The molecule has 0 unspecified atom stereocenters. The maximum atomic E-state index is 5.58. The van der Waals surface area contributed by atoms with Gasteiger partial charge in [-0.3, -0.25) is 0 Å². The Morgan fingerprint density at radius 3 is 1.86 bits per heavy atom. The van der Waals surface area contributed by atoms with E-state index in [0.29, 0.717) is 13.2 Å². The Kier molecular flexibility index (Phi) is 10.0. The van der Waals surface area contributed by atoms with Crippen LogP contribution in [0.3, 0.4) is 0 Å². The number of ether oxygens (including phenoxy) is 2. The highest BCUT2D eigenvalue weighted by Crippen LogP contribution is 2.35. The summed E-state index contributed by atoms with van der Waals surface area (Å²) in [5.74, 6) is 0.765. The Hall–Kier alpha value is -5.12. The minimum absolute atomic E-state index is 0.578. The van der Waals surface area contributed by atoms with E-state index in [1.54, 1.807) is 6.08 Å². The van der Waals surface area contributed by atoms with E-state index in [1.807, 2.05) is 18.2 Å². The lowest BCUT2D eigenvalue weighted by molar-refractivity contribution is 0.166. The molecule has 0 bridgehead atoms. The van der Waals surface area contributed by atoms with E-state index in [-0.39, 0.29) is 0 Å². The first kappa shape index (κ1) is 29.4. The first-order valence-corrected chi connectivity index (χ1v) is 14.5. The van der Waals surface area contributed by atoms with Crippen molar-refractivity contribution < 1.29 is 9.47 Å². The highest BCUT2D eigenvalue weighted by molar-refractivity contribution is 5.92. The van der Waals surface area contributed by atoms with Crippen LogP contribution < -0.4 is 9.64 Å². The van der Waals surface area contributed by atoms with Crippen LogP contribution in [0.4, 0.5) is 17.1 Å². The summed E-state index contributed by atoms with van der Waals surface area (Å²) >= 11 is 0. The van der Waals surface area contributed by atoms with Crippen molar-refractivity contribution in [3.8, 4) is 5.75 Å². The van der Waals surface area contributed by atoms with Crippen molar-refractivity contribution in [1.29, 1.82) is 0 Å². The maximum Gasteiger partial charge on any atom is 0.126 e. The van der Waals surface area contributed by atoms with E-state index in [1.165, 1.54) is 17.4 Å². The average molecular weight is 564 g/mol. The van der Waals surface area contributed by atoms with Gasteiger partial charge in [-0.15, -0.1) is 6.58 Å². The SMILES string of the molecule is C=CCOCCc1ccc(N(c2ccc(C)cc2)c2ccc(/C=C(\c3ccccc3)c3ccc(OC=C)cc3)cc2)cc1. The van der Waals surface area contributed by atoms with E-state index >= 15 is 0 Å². The molecular formula is C40H37NO2. The highest BCUT2D eigenvalue weighted by Gasteiger charge is 2.13. The molecule has 0 saturated heterocycles. The van der Waals surface area contributed by atoms with Crippen LogP contribution in [0.5, 0.6) is 5.75 Å². The van der Waals surface area contributed by atoms with Gasteiger partial charge in [0.05, 0.1) is 19.5 Å². The van der Waals surface area contributed by atoms with Gasteiger partial charge in [0.1, 0.15) is 5.75 Å². The molecule has 5 rings (SSSR count). The molecule has 0 amide bonds. The minimum atomic E-state index is 0.578. The molecule has 5 aromatic carbocycles. The molecule has 0 N–H and O–H groups in total. The van der Waals surface area contributed by atoms with Gasteiger partial charge in [-0.2, -0.15) is 0 Å². The molecular weight excluding hydrogens is 526 g/mol. The summed E-state index contributed by atoms with van der Waals surface area (Å²) in [6, 6.07) is 44.7. The van der Waals surface area contributed by atoms with Gasteiger partial charge < -0.3 is 14.4 Å². The van der Waals surface area contributed by atoms with Gasteiger partial charge in [0, 0.05) is 17.1 Å². The van der Waals surface area contributed by atoms with Crippen LogP contribution in [0, 0.1) is 6.92 Å². The monoisotopic (exact) mass is 563 g/mol. The molecule has 0 radical (unpaired) electrons. The van der Waals surface area contributed by atoms with Gasteiger partial charge in [0.15, 0.2) is 0 Å². The van der Waals surface area contributed by atoms with Crippen molar-refractivity contribution in [2.45, 2.75) is 13.3 Å². The van der Waals surface area contributed by atoms with Crippen molar-refractivity contribution in [3.63, 3.8) is 0 Å². The minimum Gasteiger partial charge on any atom is -0.466 e. The van der Waals surface area contributed by atoms with Gasteiger partial charge in [-0.1, -0.05) is 97.1 Å². The highest BCUT2D eigenvalue weighted by atomic mass is 16.5. The zero-order valence-corrected chi connectivity index (χ0v) is 24.7. The third-order valence-corrected chi connectivity index (χ3v) is 7.19. The zero-order valence-electron chi connectivity index (χ0n) is 24.7. The summed E-state index contributed by atoms with van der Waals surface area (Å²) in [5.41, 5.74) is 10.3. The summed E-state index contributed by atoms with van der Waals surface area (Å²) in [6.07, 6.45) is 6.33. The third-order valence-electron chi connectivity index (χ3n) is 7.19. The van der Waals surface area contributed by atoms with Gasteiger partial charge in [-0.05, 0) is 95.8 Å². The molecule has 0 atom stereocenters. The summed E-state index contributed by atoms with van der Waals surface area (Å²) in [7, 11) is 0. The fourth-order valence-corrected chi connectivity index (χ4v) is 4.96. The van der Waals surface area contributed by atoms with Crippen LogP contribution in [-0.4, -0.2) is 13.2 Å². The Bertz CT molecular complexity index is 1630. The zero-order chi connectivity index (χ0) is 29.9. The molecule has 0 heterocycles. The van der Waals surface area contributed by atoms with E-state index in [4.69, 9.17) is 9.47 Å². The standard InChI is InChI=1S/C40H37NO2/c1-4-28-42-29-27-32-13-21-37(22-14-32)41(36-19-11-31(3)12-20-36)38-23-15-33(16-24-38)30-40(34-9-7-6-8-10-34)35-17-25-39(26-18-35)43-5-2/h4-26,30H,1-2,27-29H2,3H3/b40-30+. The molecule has 43 heavy (non-hydrogen) atoms. The number of hydrogen-bond acceptors (Lipinski definition) is 3. The Morgan fingerprint density at radius 2 is 1.26 bits per heavy atom. The maximum absolute atomic E-state index is 5.58. The van der Waals surface area contributed by atoms with Crippen molar-refractivity contribution >= 4 is 28.7 Å². The summed E-state index contributed by atoms with van der Waals surface area (Å²) in [6.45, 7) is 10.7. The fraction of sp³-hybridized carbons (Fsp3) is 0.100. The van der Waals surface area contributed by atoms with Crippen molar-refractivity contribution in [3.05, 3.63) is 181 Å². The predicted molar refractivity (Wildman–Crippen MR) is 181 cm³/mol. The van der Waals surface area contributed by atoms with E-state index < -0.39 is 0 Å². The molecule has 0 fully saturated rings.